The number of hydrogen-bond donors (Lipinski definition) is 0. The first kappa shape index (κ1) is 13.2. The van der Waals surface area contributed by atoms with Gasteiger partial charge in [0.25, 0.3) is 5.69 Å². The molecule has 0 unspecified atom stereocenters. The van der Waals surface area contributed by atoms with Crippen molar-refractivity contribution in [1.82, 2.24) is 0 Å². The molecule has 0 aromatic heterocycles. The Bertz CT molecular complexity index is 483. The number of non-ortho nitro benzene ring substituents is 1. The molecule has 5 nitrogen and oxygen atoms in total. The van der Waals surface area contributed by atoms with E-state index in [-0.39, 0.29) is 11.4 Å². The molecule has 0 fully saturated rings. The molecular formula is C8H7Cl2NO4S. The zero-order valence-electron chi connectivity index (χ0n) is 7.84. The third-order valence-electron chi connectivity index (χ3n) is 1.79. The van der Waals surface area contributed by atoms with Crippen LogP contribution in [0.4, 0.5) is 5.69 Å². The van der Waals surface area contributed by atoms with Crippen LogP contribution in [0.3, 0.4) is 0 Å². The molecule has 0 spiro atoms. The predicted octanol–water partition coefficient (Wildman–Crippen LogP) is 2.27. The van der Waals surface area contributed by atoms with Crippen molar-refractivity contribution in [2.45, 2.75) is 9.92 Å². The Kier molecular flexibility index (Phi) is 4.12. The number of nitrogens with zero attached hydrogens (tertiary/aromatic N) is 1. The minimum Gasteiger partial charge on any atom is -0.258 e. The monoisotopic (exact) mass is 283 g/mol. The first-order chi connectivity index (χ1) is 7.33. The normalized spacial score (nSPS) is 11.7. The van der Waals surface area contributed by atoms with Crippen molar-refractivity contribution in [2.24, 2.45) is 0 Å². The Hall–Kier alpha value is -0.850. The van der Waals surface area contributed by atoms with Crippen molar-refractivity contribution >= 4 is 38.7 Å². The van der Waals surface area contributed by atoms with E-state index in [1.165, 1.54) is 24.3 Å². The van der Waals surface area contributed by atoms with Gasteiger partial charge in [-0.15, -0.1) is 0 Å². The van der Waals surface area contributed by atoms with Gasteiger partial charge in [-0.2, -0.15) is 0 Å². The second kappa shape index (κ2) is 4.99. The summed E-state index contributed by atoms with van der Waals surface area (Å²) in [6, 6.07) is 5.16. The van der Waals surface area contributed by atoms with E-state index < -0.39 is 18.9 Å². The standard InChI is InChI=1S/C8H7Cl2NO4S/c9-8(10)16(14,15)5-6-1-3-7(4-2-6)11(12)13/h1-4,8H,5H2. The van der Waals surface area contributed by atoms with Crippen molar-refractivity contribution in [3.63, 3.8) is 0 Å². The Morgan fingerprint density at radius 2 is 1.75 bits per heavy atom. The van der Waals surface area contributed by atoms with Crippen molar-refractivity contribution in [3.8, 4) is 0 Å². The quantitative estimate of drug-likeness (QED) is 0.482. The molecule has 0 aliphatic carbocycles. The third-order valence-corrected chi connectivity index (χ3v) is 4.69. The largest absolute Gasteiger partial charge is 0.269 e. The summed E-state index contributed by atoms with van der Waals surface area (Å²) >= 11 is 10.5. The van der Waals surface area contributed by atoms with Crippen LogP contribution in [-0.2, 0) is 15.6 Å². The van der Waals surface area contributed by atoms with Crippen LogP contribution in [0, 0.1) is 10.1 Å². The number of nitro benzene ring substituents is 1. The summed E-state index contributed by atoms with van der Waals surface area (Å²) < 4.78 is 21.1. The highest BCUT2D eigenvalue weighted by molar-refractivity contribution is 7.93. The van der Waals surface area contributed by atoms with E-state index in [9.17, 15) is 18.5 Å². The van der Waals surface area contributed by atoms with E-state index in [4.69, 9.17) is 23.2 Å². The highest BCUT2D eigenvalue weighted by Crippen LogP contribution is 2.19. The topological polar surface area (TPSA) is 77.3 Å². The second-order valence-corrected chi connectivity index (χ2v) is 6.69. The molecule has 0 heterocycles. The molecule has 1 aromatic rings. The summed E-state index contributed by atoms with van der Waals surface area (Å²) in [6.07, 6.45) is 0. The molecule has 0 N–H and O–H groups in total. The van der Waals surface area contributed by atoms with Crippen LogP contribution < -0.4 is 0 Å². The fourth-order valence-electron chi connectivity index (χ4n) is 1.01. The molecule has 8 heteroatoms. The van der Waals surface area contributed by atoms with Gasteiger partial charge in [0.2, 0.25) is 4.17 Å². The summed E-state index contributed by atoms with van der Waals surface area (Å²) in [5.74, 6) is -0.345. The number of hydrogen-bond acceptors (Lipinski definition) is 4. The van der Waals surface area contributed by atoms with Gasteiger partial charge >= 0.3 is 0 Å². The highest BCUT2D eigenvalue weighted by atomic mass is 35.5. The number of sulfone groups is 1. The fourth-order valence-corrected chi connectivity index (χ4v) is 2.17. The maximum atomic E-state index is 11.3. The van der Waals surface area contributed by atoms with Crippen molar-refractivity contribution in [2.75, 3.05) is 0 Å². The van der Waals surface area contributed by atoms with Crippen molar-refractivity contribution < 1.29 is 13.3 Å². The minimum atomic E-state index is -3.62. The average molecular weight is 284 g/mol. The molecule has 0 aliphatic heterocycles. The fraction of sp³-hybridized carbons (Fsp3) is 0.250. The molecule has 0 aliphatic rings. The molecule has 88 valence electrons. The van der Waals surface area contributed by atoms with Crippen LogP contribution in [0.25, 0.3) is 0 Å². The predicted molar refractivity (Wildman–Crippen MR) is 61.2 cm³/mol. The maximum absolute atomic E-state index is 11.3. The lowest BCUT2D eigenvalue weighted by atomic mass is 10.2. The molecule has 16 heavy (non-hydrogen) atoms. The Balaban J connectivity index is 2.89. The third kappa shape index (κ3) is 3.33. The lowest BCUT2D eigenvalue weighted by Crippen LogP contribution is -2.11. The summed E-state index contributed by atoms with van der Waals surface area (Å²) in [4.78, 5) is 9.79. The molecule has 0 amide bonds. The van der Waals surface area contributed by atoms with E-state index in [1.807, 2.05) is 0 Å². The molecule has 0 radical (unpaired) electrons. The summed E-state index contributed by atoms with van der Waals surface area (Å²) in [6.45, 7) is 0. The van der Waals surface area contributed by atoms with Gasteiger partial charge in [0.05, 0.1) is 10.7 Å². The number of rotatable bonds is 4. The number of halogens is 2. The number of alkyl halides is 2. The molecule has 1 aromatic carbocycles. The van der Waals surface area contributed by atoms with Gasteiger partial charge in [0.15, 0.2) is 9.84 Å². The van der Waals surface area contributed by atoms with E-state index >= 15 is 0 Å². The highest BCUT2D eigenvalue weighted by Gasteiger charge is 2.21. The van der Waals surface area contributed by atoms with Crippen LogP contribution in [0.1, 0.15) is 5.56 Å². The molecule has 0 saturated carbocycles. The minimum absolute atomic E-state index is 0.102. The Labute approximate surface area is 102 Å². The SMILES string of the molecule is O=[N+]([O-])c1ccc(CS(=O)(=O)C(Cl)Cl)cc1. The Morgan fingerprint density at radius 3 is 2.12 bits per heavy atom. The van der Waals surface area contributed by atoms with Gasteiger partial charge in [-0.25, -0.2) is 8.42 Å². The first-order valence-corrected chi connectivity index (χ1v) is 6.65. The molecule has 0 saturated heterocycles. The van der Waals surface area contributed by atoms with Gasteiger partial charge in [0.1, 0.15) is 0 Å². The van der Waals surface area contributed by atoms with Crippen LogP contribution in [-0.4, -0.2) is 17.5 Å². The van der Waals surface area contributed by atoms with Crippen LogP contribution >= 0.6 is 23.2 Å². The van der Waals surface area contributed by atoms with E-state index in [0.29, 0.717) is 5.56 Å². The first-order valence-electron chi connectivity index (χ1n) is 4.06. The summed E-state index contributed by atoms with van der Waals surface area (Å²) in [5, 5.41) is 10.4. The lowest BCUT2D eigenvalue weighted by Gasteiger charge is -2.04. The van der Waals surface area contributed by atoms with Crippen LogP contribution in [0.15, 0.2) is 24.3 Å². The van der Waals surface area contributed by atoms with Gasteiger partial charge in [-0.05, 0) is 5.56 Å². The van der Waals surface area contributed by atoms with Crippen LogP contribution in [0.2, 0.25) is 0 Å². The van der Waals surface area contributed by atoms with Gasteiger partial charge in [-0.1, -0.05) is 35.3 Å². The molecule has 0 atom stereocenters. The van der Waals surface area contributed by atoms with Gasteiger partial charge < -0.3 is 0 Å². The summed E-state index contributed by atoms with van der Waals surface area (Å²) in [7, 11) is -3.62. The van der Waals surface area contributed by atoms with Crippen LogP contribution in [0.5, 0.6) is 0 Å². The second-order valence-electron chi connectivity index (χ2n) is 2.99. The van der Waals surface area contributed by atoms with Gasteiger partial charge in [0, 0.05) is 12.1 Å². The number of benzene rings is 1. The Morgan fingerprint density at radius 1 is 1.25 bits per heavy atom. The van der Waals surface area contributed by atoms with E-state index in [1.54, 1.807) is 0 Å². The zero-order chi connectivity index (χ0) is 12.3. The van der Waals surface area contributed by atoms with E-state index in [2.05, 4.69) is 0 Å². The molecular weight excluding hydrogens is 277 g/mol. The number of nitro groups is 1. The molecule has 1 rings (SSSR count). The summed E-state index contributed by atoms with van der Waals surface area (Å²) in [5.41, 5.74) is 0.298. The van der Waals surface area contributed by atoms with E-state index in [0.717, 1.165) is 0 Å². The van der Waals surface area contributed by atoms with Crippen molar-refractivity contribution in [1.29, 1.82) is 0 Å². The lowest BCUT2D eigenvalue weighted by molar-refractivity contribution is -0.384. The maximum Gasteiger partial charge on any atom is 0.269 e. The van der Waals surface area contributed by atoms with Crippen molar-refractivity contribution in [3.05, 3.63) is 39.9 Å². The zero-order valence-corrected chi connectivity index (χ0v) is 10.2. The smallest absolute Gasteiger partial charge is 0.258 e. The van der Waals surface area contributed by atoms with Gasteiger partial charge in [-0.3, -0.25) is 10.1 Å². The molecule has 0 bridgehead atoms. The average Bonchev–Trinajstić information content (AvgIpc) is 2.17.